The minimum absolute atomic E-state index is 0.000295. The third kappa shape index (κ3) is 4.44. The van der Waals surface area contributed by atoms with Crippen LogP contribution >= 0.6 is 0 Å². The highest BCUT2D eigenvalue weighted by Gasteiger charge is 2.33. The number of aromatic nitrogens is 2. The summed E-state index contributed by atoms with van der Waals surface area (Å²) in [5, 5.41) is 4.11. The molecule has 2 heterocycles. The third-order valence-electron chi connectivity index (χ3n) is 4.97. The molecule has 0 atom stereocenters. The Kier molecular flexibility index (Phi) is 6.51. The molecule has 0 aliphatic carbocycles. The minimum Gasteiger partial charge on any atom is -0.462 e. The summed E-state index contributed by atoms with van der Waals surface area (Å²) in [7, 11) is -3.86. The molecule has 1 aliphatic rings. The van der Waals surface area contributed by atoms with Gasteiger partial charge in [-0.2, -0.15) is 9.40 Å². The van der Waals surface area contributed by atoms with Crippen LogP contribution in [-0.4, -0.2) is 48.2 Å². The second-order valence-corrected chi connectivity index (χ2v) is 8.86. The maximum Gasteiger partial charge on any atom is 0.342 e. The first-order valence-corrected chi connectivity index (χ1v) is 11.2. The average molecular weight is 406 g/mol. The summed E-state index contributed by atoms with van der Waals surface area (Å²) < 4.78 is 34.5. The molecule has 2 aromatic rings. The van der Waals surface area contributed by atoms with Crippen molar-refractivity contribution < 1.29 is 17.9 Å². The SMILES string of the molecule is CCOC(=O)c1cn(Cc2ccccc2C)nc1S(=O)(=O)N1CCCCCC1. The van der Waals surface area contributed by atoms with Crippen LogP contribution in [0.15, 0.2) is 35.5 Å². The highest BCUT2D eigenvalue weighted by atomic mass is 32.2. The second-order valence-electron chi connectivity index (χ2n) is 7.01. The maximum atomic E-state index is 13.2. The van der Waals surface area contributed by atoms with Crippen molar-refractivity contribution in [2.24, 2.45) is 0 Å². The first kappa shape index (κ1) is 20.5. The number of hydrogen-bond acceptors (Lipinski definition) is 5. The van der Waals surface area contributed by atoms with E-state index in [1.54, 1.807) is 6.92 Å². The molecule has 1 aliphatic heterocycles. The Bertz CT molecular complexity index is 929. The highest BCUT2D eigenvalue weighted by Crippen LogP contribution is 2.23. The van der Waals surface area contributed by atoms with Gasteiger partial charge in [-0.15, -0.1) is 0 Å². The fraction of sp³-hybridized carbons (Fsp3) is 0.500. The summed E-state index contributed by atoms with van der Waals surface area (Å²) in [5.41, 5.74) is 2.09. The standard InChI is InChI=1S/C20H27N3O4S/c1-3-27-20(24)18-15-22(14-17-11-7-6-10-16(17)2)21-19(18)28(25,26)23-12-8-4-5-9-13-23/h6-7,10-11,15H,3-5,8-9,12-14H2,1-2H3. The van der Waals surface area contributed by atoms with E-state index in [0.717, 1.165) is 36.8 Å². The molecule has 1 saturated heterocycles. The molecule has 0 N–H and O–H groups in total. The van der Waals surface area contributed by atoms with E-state index in [-0.39, 0.29) is 17.2 Å². The van der Waals surface area contributed by atoms with Crippen LogP contribution in [0.4, 0.5) is 0 Å². The molecule has 0 amide bonds. The van der Waals surface area contributed by atoms with Crippen molar-refractivity contribution in [2.75, 3.05) is 19.7 Å². The lowest BCUT2D eigenvalue weighted by atomic mass is 10.1. The van der Waals surface area contributed by atoms with E-state index in [2.05, 4.69) is 5.10 Å². The van der Waals surface area contributed by atoms with Crippen LogP contribution in [0.25, 0.3) is 0 Å². The maximum absolute atomic E-state index is 13.2. The van der Waals surface area contributed by atoms with Crippen LogP contribution in [0.1, 0.15) is 54.1 Å². The van der Waals surface area contributed by atoms with Gasteiger partial charge in [-0.1, -0.05) is 37.1 Å². The smallest absolute Gasteiger partial charge is 0.342 e. The van der Waals surface area contributed by atoms with E-state index in [1.165, 1.54) is 15.2 Å². The molecule has 0 spiro atoms. The number of rotatable bonds is 6. The van der Waals surface area contributed by atoms with Gasteiger partial charge < -0.3 is 4.74 Å². The lowest BCUT2D eigenvalue weighted by molar-refractivity contribution is 0.0521. The van der Waals surface area contributed by atoms with Crippen LogP contribution < -0.4 is 0 Å². The second kappa shape index (κ2) is 8.87. The van der Waals surface area contributed by atoms with E-state index in [1.807, 2.05) is 31.2 Å². The summed E-state index contributed by atoms with van der Waals surface area (Å²) in [6, 6.07) is 7.82. The van der Waals surface area contributed by atoms with Crippen molar-refractivity contribution in [3.63, 3.8) is 0 Å². The van der Waals surface area contributed by atoms with E-state index in [4.69, 9.17) is 4.74 Å². The van der Waals surface area contributed by atoms with Gasteiger partial charge in [0.1, 0.15) is 5.56 Å². The number of aryl methyl sites for hydroxylation is 1. The van der Waals surface area contributed by atoms with Gasteiger partial charge in [-0.25, -0.2) is 13.2 Å². The van der Waals surface area contributed by atoms with Crippen LogP contribution in [0.3, 0.4) is 0 Å². The lowest BCUT2D eigenvalue weighted by Crippen LogP contribution is -2.33. The van der Waals surface area contributed by atoms with Crippen molar-refractivity contribution in [3.8, 4) is 0 Å². The first-order valence-electron chi connectivity index (χ1n) is 9.72. The number of nitrogens with zero attached hydrogens (tertiary/aromatic N) is 3. The van der Waals surface area contributed by atoms with Crippen molar-refractivity contribution in [1.29, 1.82) is 0 Å². The van der Waals surface area contributed by atoms with Crippen LogP contribution in [0.2, 0.25) is 0 Å². The van der Waals surface area contributed by atoms with Gasteiger partial charge in [0.15, 0.2) is 0 Å². The zero-order chi connectivity index (χ0) is 20.1. The van der Waals surface area contributed by atoms with E-state index in [9.17, 15) is 13.2 Å². The molecular weight excluding hydrogens is 378 g/mol. The first-order chi connectivity index (χ1) is 13.4. The van der Waals surface area contributed by atoms with Crippen molar-refractivity contribution in [3.05, 3.63) is 47.2 Å². The summed E-state index contributed by atoms with van der Waals surface area (Å²) in [4.78, 5) is 12.4. The zero-order valence-electron chi connectivity index (χ0n) is 16.4. The predicted molar refractivity (Wildman–Crippen MR) is 106 cm³/mol. The molecule has 3 rings (SSSR count). The molecule has 0 bridgehead atoms. The van der Waals surface area contributed by atoms with E-state index >= 15 is 0 Å². The quantitative estimate of drug-likeness (QED) is 0.690. The molecule has 7 nitrogen and oxygen atoms in total. The highest BCUT2D eigenvalue weighted by molar-refractivity contribution is 7.89. The third-order valence-corrected chi connectivity index (χ3v) is 6.80. The number of benzene rings is 1. The molecule has 0 radical (unpaired) electrons. The number of carbonyl (C=O) groups is 1. The number of hydrogen-bond donors (Lipinski definition) is 0. The van der Waals surface area contributed by atoms with Gasteiger partial charge in [-0.05, 0) is 37.8 Å². The van der Waals surface area contributed by atoms with Gasteiger partial charge >= 0.3 is 5.97 Å². The summed E-state index contributed by atoms with van der Waals surface area (Å²) in [6.07, 6.45) is 5.14. The zero-order valence-corrected chi connectivity index (χ0v) is 17.2. The molecule has 1 aromatic carbocycles. The number of ether oxygens (including phenoxy) is 1. The fourth-order valence-corrected chi connectivity index (χ4v) is 5.00. The summed E-state index contributed by atoms with van der Waals surface area (Å²) in [6.45, 7) is 5.14. The Balaban J connectivity index is 1.99. The molecule has 0 saturated carbocycles. The molecular formula is C20H27N3O4S. The van der Waals surface area contributed by atoms with Gasteiger partial charge in [0, 0.05) is 19.3 Å². The van der Waals surface area contributed by atoms with Crippen LogP contribution in [0, 0.1) is 6.92 Å². The minimum atomic E-state index is -3.86. The molecule has 1 fully saturated rings. The normalized spacial score (nSPS) is 15.9. The summed E-state index contributed by atoms with van der Waals surface area (Å²) >= 11 is 0. The van der Waals surface area contributed by atoms with Crippen molar-refractivity contribution >= 4 is 16.0 Å². The topological polar surface area (TPSA) is 81.5 Å². The molecule has 8 heteroatoms. The average Bonchev–Trinajstić information content (AvgIpc) is 2.90. The Morgan fingerprint density at radius 2 is 1.82 bits per heavy atom. The number of esters is 1. The number of carbonyl (C=O) groups excluding carboxylic acids is 1. The van der Waals surface area contributed by atoms with Gasteiger partial charge in [0.2, 0.25) is 5.03 Å². The predicted octanol–water partition coefficient (Wildman–Crippen LogP) is 2.98. The molecule has 0 unspecified atom stereocenters. The molecule has 1 aromatic heterocycles. The Labute approximate surface area is 166 Å². The van der Waals surface area contributed by atoms with Crippen LogP contribution in [-0.2, 0) is 21.3 Å². The monoisotopic (exact) mass is 405 g/mol. The van der Waals surface area contributed by atoms with Crippen molar-refractivity contribution in [2.45, 2.75) is 51.1 Å². The molecule has 152 valence electrons. The van der Waals surface area contributed by atoms with E-state index in [0.29, 0.717) is 19.6 Å². The van der Waals surface area contributed by atoms with Gasteiger partial charge in [0.25, 0.3) is 10.0 Å². The largest absolute Gasteiger partial charge is 0.462 e. The van der Waals surface area contributed by atoms with Gasteiger partial charge in [-0.3, -0.25) is 4.68 Å². The summed E-state index contributed by atoms with van der Waals surface area (Å²) in [5.74, 6) is -0.660. The Morgan fingerprint density at radius 3 is 2.46 bits per heavy atom. The van der Waals surface area contributed by atoms with Crippen molar-refractivity contribution in [1.82, 2.24) is 14.1 Å². The fourth-order valence-electron chi connectivity index (χ4n) is 3.39. The van der Waals surface area contributed by atoms with Crippen LogP contribution in [0.5, 0.6) is 0 Å². The van der Waals surface area contributed by atoms with Gasteiger partial charge in [0.05, 0.1) is 13.2 Å². The molecule has 28 heavy (non-hydrogen) atoms. The van der Waals surface area contributed by atoms with E-state index < -0.39 is 16.0 Å². The number of sulfonamides is 1. The Hall–Kier alpha value is -2.19. The Morgan fingerprint density at radius 1 is 1.14 bits per heavy atom. The lowest BCUT2D eigenvalue weighted by Gasteiger charge is -2.18.